The van der Waals surface area contributed by atoms with Crippen LogP contribution in [0.25, 0.3) is 0 Å². The average Bonchev–Trinajstić information content (AvgIpc) is 2.48. The Bertz CT molecular complexity index is 391. The van der Waals surface area contributed by atoms with Crippen LogP contribution in [0.3, 0.4) is 0 Å². The molecule has 0 spiro atoms. The summed E-state index contributed by atoms with van der Waals surface area (Å²) in [5, 5.41) is 0. The summed E-state index contributed by atoms with van der Waals surface area (Å²) in [6, 6.07) is 9.56. The molecule has 1 aromatic carbocycles. The Morgan fingerprint density at radius 2 is 2.16 bits per heavy atom. The topological polar surface area (TPSA) is 29.5 Å². The summed E-state index contributed by atoms with van der Waals surface area (Å²) in [7, 11) is 1.78. The van der Waals surface area contributed by atoms with Gasteiger partial charge in [-0.2, -0.15) is 0 Å². The lowest BCUT2D eigenvalue weighted by atomic mass is 10.1. The van der Waals surface area contributed by atoms with Crippen LogP contribution in [0.2, 0.25) is 0 Å². The summed E-state index contributed by atoms with van der Waals surface area (Å²) in [5.74, 6) is 0.251. The number of carbonyl (C=O) groups is 1. The zero-order chi connectivity index (χ0) is 13.5. The minimum Gasteiger partial charge on any atom is -0.380 e. The normalized spacial score (nSPS) is 20.4. The average molecular weight is 261 g/mol. The van der Waals surface area contributed by atoms with Crippen LogP contribution in [0.5, 0.6) is 0 Å². The summed E-state index contributed by atoms with van der Waals surface area (Å²) in [5.41, 5.74) is 0.830. The van der Waals surface area contributed by atoms with Gasteiger partial charge in [0, 0.05) is 25.6 Å². The number of carbonyl (C=O) groups excluding carboxylic acids is 1. The van der Waals surface area contributed by atoms with Gasteiger partial charge in [-0.1, -0.05) is 30.3 Å². The largest absolute Gasteiger partial charge is 0.380 e. The van der Waals surface area contributed by atoms with E-state index in [-0.39, 0.29) is 5.78 Å². The molecule has 1 heterocycles. The Morgan fingerprint density at radius 1 is 1.37 bits per heavy atom. The second-order valence-electron chi connectivity index (χ2n) is 5.19. The Labute approximate surface area is 115 Å². The van der Waals surface area contributed by atoms with Crippen LogP contribution in [-0.4, -0.2) is 43.5 Å². The lowest BCUT2D eigenvalue weighted by molar-refractivity contribution is 0.0309. The van der Waals surface area contributed by atoms with Crippen LogP contribution in [0, 0.1) is 0 Å². The highest BCUT2D eigenvalue weighted by molar-refractivity contribution is 5.95. The minimum atomic E-state index is 0.251. The van der Waals surface area contributed by atoms with E-state index in [4.69, 9.17) is 4.74 Å². The van der Waals surface area contributed by atoms with Gasteiger partial charge in [0.15, 0.2) is 5.78 Å². The van der Waals surface area contributed by atoms with Gasteiger partial charge in [0.05, 0.1) is 6.10 Å². The molecule has 104 valence electrons. The van der Waals surface area contributed by atoms with Gasteiger partial charge in [0.2, 0.25) is 0 Å². The first-order valence-electron chi connectivity index (χ1n) is 7.13. The smallest absolute Gasteiger partial charge is 0.162 e. The molecule has 1 saturated heterocycles. The number of Topliss-reactive ketones (excluding diaryl/α,β-unsaturated/α-hetero) is 1. The summed E-state index contributed by atoms with van der Waals surface area (Å²) >= 11 is 0. The maximum absolute atomic E-state index is 12.0. The summed E-state index contributed by atoms with van der Waals surface area (Å²) < 4.78 is 5.41. The van der Waals surface area contributed by atoms with Crippen LogP contribution in [-0.2, 0) is 4.74 Å². The molecule has 0 bridgehead atoms. The molecule has 0 saturated carbocycles. The minimum absolute atomic E-state index is 0.251. The molecule has 0 radical (unpaired) electrons. The number of benzene rings is 1. The van der Waals surface area contributed by atoms with Gasteiger partial charge in [-0.25, -0.2) is 0 Å². The van der Waals surface area contributed by atoms with Crippen molar-refractivity contribution in [1.29, 1.82) is 0 Å². The maximum atomic E-state index is 12.0. The zero-order valence-corrected chi connectivity index (χ0v) is 11.7. The van der Waals surface area contributed by atoms with Crippen LogP contribution >= 0.6 is 0 Å². The lowest BCUT2D eigenvalue weighted by Gasteiger charge is -2.31. The number of rotatable bonds is 6. The Balaban J connectivity index is 1.70. The summed E-state index contributed by atoms with van der Waals surface area (Å²) in [6.45, 7) is 3.15. The van der Waals surface area contributed by atoms with E-state index >= 15 is 0 Å². The molecule has 1 aliphatic rings. The van der Waals surface area contributed by atoms with Crippen molar-refractivity contribution < 1.29 is 9.53 Å². The van der Waals surface area contributed by atoms with Crippen molar-refractivity contribution in [2.45, 2.75) is 31.8 Å². The summed E-state index contributed by atoms with van der Waals surface area (Å²) in [6.07, 6.45) is 4.31. The Hall–Kier alpha value is -1.19. The van der Waals surface area contributed by atoms with E-state index in [2.05, 4.69) is 4.90 Å². The molecule has 1 atom stereocenters. The predicted molar refractivity (Wildman–Crippen MR) is 76.5 cm³/mol. The first-order valence-corrected chi connectivity index (χ1v) is 7.13. The van der Waals surface area contributed by atoms with E-state index in [0.717, 1.165) is 38.0 Å². The van der Waals surface area contributed by atoms with Gasteiger partial charge < -0.3 is 9.64 Å². The first-order chi connectivity index (χ1) is 9.29. The van der Waals surface area contributed by atoms with E-state index in [1.165, 1.54) is 6.42 Å². The van der Waals surface area contributed by atoms with Gasteiger partial charge in [0.1, 0.15) is 0 Å². The third-order valence-electron chi connectivity index (χ3n) is 3.77. The van der Waals surface area contributed by atoms with Crippen LogP contribution in [0.15, 0.2) is 30.3 Å². The first kappa shape index (κ1) is 14.2. The molecule has 0 aliphatic carbocycles. The van der Waals surface area contributed by atoms with Crippen LogP contribution in [0.4, 0.5) is 0 Å². The number of nitrogens with zero attached hydrogens (tertiary/aromatic N) is 1. The van der Waals surface area contributed by atoms with E-state index in [1.54, 1.807) is 7.11 Å². The number of methoxy groups -OCH3 is 1. The van der Waals surface area contributed by atoms with Crippen molar-refractivity contribution in [2.75, 3.05) is 26.7 Å². The van der Waals surface area contributed by atoms with Gasteiger partial charge in [0.25, 0.3) is 0 Å². The van der Waals surface area contributed by atoms with Crippen molar-refractivity contribution in [3.63, 3.8) is 0 Å². The monoisotopic (exact) mass is 261 g/mol. The second-order valence-corrected chi connectivity index (χ2v) is 5.19. The highest BCUT2D eigenvalue weighted by Gasteiger charge is 2.19. The summed E-state index contributed by atoms with van der Waals surface area (Å²) in [4.78, 5) is 14.4. The molecule has 0 amide bonds. The highest BCUT2D eigenvalue weighted by Crippen LogP contribution is 2.13. The Morgan fingerprint density at radius 3 is 2.89 bits per heavy atom. The SMILES string of the molecule is COC1CCCN(CCCC(=O)c2ccccc2)C1. The quantitative estimate of drug-likeness (QED) is 0.737. The molecule has 0 aromatic heterocycles. The molecule has 1 fully saturated rings. The Kier molecular flexibility index (Phi) is 5.55. The predicted octanol–water partition coefficient (Wildman–Crippen LogP) is 2.76. The molecule has 0 N–H and O–H groups in total. The maximum Gasteiger partial charge on any atom is 0.162 e. The molecular formula is C16H23NO2. The van der Waals surface area contributed by atoms with E-state index in [1.807, 2.05) is 30.3 Å². The third-order valence-corrected chi connectivity index (χ3v) is 3.77. The fourth-order valence-electron chi connectivity index (χ4n) is 2.64. The lowest BCUT2D eigenvalue weighted by Crippen LogP contribution is -2.39. The van der Waals surface area contributed by atoms with Gasteiger partial charge in [-0.05, 0) is 32.4 Å². The number of ketones is 1. The number of piperidine rings is 1. The second kappa shape index (κ2) is 7.41. The molecule has 1 aliphatic heterocycles. The third kappa shape index (κ3) is 4.44. The van der Waals surface area contributed by atoms with Crippen molar-refractivity contribution in [3.05, 3.63) is 35.9 Å². The van der Waals surface area contributed by atoms with Crippen molar-refractivity contribution in [3.8, 4) is 0 Å². The van der Waals surface area contributed by atoms with Crippen molar-refractivity contribution in [2.24, 2.45) is 0 Å². The standard InChI is InChI=1S/C16H23NO2/c1-19-15-9-5-11-17(13-15)12-6-10-16(18)14-7-3-2-4-8-14/h2-4,7-8,15H,5-6,9-13H2,1H3. The number of hydrogen-bond donors (Lipinski definition) is 0. The number of likely N-dealkylation sites (tertiary alicyclic amines) is 1. The molecule has 19 heavy (non-hydrogen) atoms. The van der Waals surface area contributed by atoms with Gasteiger partial charge in [-0.15, -0.1) is 0 Å². The zero-order valence-electron chi connectivity index (χ0n) is 11.7. The highest BCUT2D eigenvalue weighted by atomic mass is 16.5. The number of hydrogen-bond acceptors (Lipinski definition) is 3. The molecule has 3 nitrogen and oxygen atoms in total. The van der Waals surface area contributed by atoms with E-state index < -0.39 is 0 Å². The van der Waals surface area contributed by atoms with Crippen LogP contribution < -0.4 is 0 Å². The van der Waals surface area contributed by atoms with Gasteiger partial charge in [-0.3, -0.25) is 4.79 Å². The molecule has 1 unspecified atom stereocenters. The fraction of sp³-hybridized carbons (Fsp3) is 0.562. The molecule has 3 heteroatoms. The number of ether oxygens (including phenoxy) is 1. The van der Waals surface area contributed by atoms with Crippen LogP contribution in [0.1, 0.15) is 36.0 Å². The molecule has 1 aromatic rings. The molecule has 2 rings (SSSR count). The van der Waals surface area contributed by atoms with Crippen molar-refractivity contribution >= 4 is 5.78 Å². The van der Waals surface area contributed by atoms with Crippen molar-refractivity contribution in [1.82, 2.24) is 4.90 Å². The molecular weight excluding hydrogens is 238 g/mol. The van der Waals surface area contributed by atoms with E-state index in [0.29, 0.717) is 12.5 Å². The van der Waals surface area contributed by atoms with Gasteiger partial charge >= 0.3 is 0 Å². The fourth-order valence-corrected chi connectivity index (χ4v) is 2.64. The van der Waals surface area contributed by atoms with E-state index in [9.17, 15) is 4.79 Å².